The third-order valence-corrected chi connectivity index (χ3v) is 4.49. The number of hydrogen-bond acceptors (Lipinski definition) is 3. The molecule has 2 heterocycles. The highest BCUT2D eigenvalue weighted by molar-refractivity contribution is 5.83. The minimum atomic E-state index is -0.167. The first-order chi connectivity index (χ1) is 11.8. The van der Waals surface area contributed by atoms with Gasteiger partial charge in [-0.2, -0.15) is 0 Å². The SMILES string of the molecule is O=C(N[C@H](c1ccccc1)c1ccncc1)[C@@H]1C[C@H]1c1ccco1. The van der Waals surface area contributed by atoms with Crippen LogP contribution in [0.25, 0.3) is 0 Å². The molecule has 0 bridgehead atoms. The summed E-state index contributed by atoms with van der Waals surface area (Å²) < 4.78 is 5.42. The van der Waals surface area contributed by atoms with Crippen LogP contribution in [0, 0.1) is 5.92 Å². The maximum Gasteiger partial charge on any atom is 0.224 e. The quantitative estimate of drug-likeness (QED) is 0.780. The van der Waals surface area contributed by atoms with Gasteiger partial charge < -0.3 is 9.73 Å². The van der Waals surface area contributed by atoms with Crippen LogP contribution in [0.1, 0.15) is 35.3 Å². The Kier molecular flexibility index (Phi) is 3.87. The first-order valence-corrected chi connectivity index (χ1v) is 8.11. The monoisotopic (exact) mass is 318 g/mol. The molecule has 0 saturated heterocycles. The first kappa shape index (κ1) is 14.7. The average Bonchev–Trinajstić information content (AvgIpc) is 3.26. The maximum atomic E-state index is 12.7. The molecule has 1 saturated carbocycles. The summed E-state index contributed by atoms with van der Waals surface area (Å²) >= 11 is 0. The number of carbonyl (C=O) groups is 1. The van der Waals surface area contributed by atoms with Crippen molar-refractivity contribution in [2.75, 3.05) is 0 Å². The van der Waals surface area contributed by atoms with Crippen molar-refractivity contribution in [2.45, 2.75) is 18.4 Å². The normalized spacial score (nSPS) is 20.3. The van der Waals surface area contributed by atoms with Gasteiger partial charge in [-0.15, -0.1) is 0 Å². The minimum Gasteiger partial charge on any atom is -0.469 e. The van der Waals surface area contributed by atoms with Crippen LogP contribution in [0.15, 0.2) is 77.7 Å². The van der Waals surface area contributed by atoms with E-state index in [4.69, 9.17) is 4.42 Å². The summed E-state index contributed by atoms with van der Waals surface area (Å²) in [5, 5.41) is 3.20. The van der Waals surface area contributed by atoms with Crippen LogP contribution < -0.4 is 5.32 Å². The second kappa shape index (κ2) is 6.32. The Morgan fingerprint density at radius 1 is 1.04 bits per heavy atom. The van der Waals surface area contributed by atoms with E-state index in [0.717, 1.165) is 23.3 Å². The fourth-order valence-electron chi connectivity index (χ4n) is 3.11. The number of nitrogens with zero attached hydrogens (tertiary/aromatic N) is 1. The Balaban J connectivity index is 1.54. The number of amides is 1. The van der Waals surface area contributed by atoms with Crippen molar-refractivity contribution in [3.8, 4) is 0 Å². The molecule has 4 nitrogen and oxygen atoms in total. The molecular formula is C20H18N2O2. The van der Waals surface area contributed by atoms with Crippen molar-refractivity contribution in [1.82, 2.24) is 10.3 Å². The van der Waals surface area contributed by atoms with Gasteiger partial charge in [0, 0.05) is 24.2 Å². The smallest absolute Gasteiger partial charge is 0.224 e. The molecule has 4 heteroatoms. The molecule has 0 unspecified atom stereocenters. The minimum absolute atomic E-state index is 0.0100. The zero-order chi connectivity index (χ0) is 16.4. The van der Waals surface area contributed by atoms with E-state index < -0.39 is 0 Å². The molecule has 24 heavy (non-hydrogen) atoms. The van der Waals surface area contributed by atoms with Crippen LogP contribution in [0.2, 0.25) is 0 Å². The third kappa shape index (κ3) is 2.95. The van der Waals surface area contributed by atoms with Gasteiger partial charge >= 0.3 is 0 Å². The van der Waals surface area contributed by atoms with Gasteiger partial charge in [-0.25, -0.2) is 0 Å². The molecule has 0 aliphatic heterocycles. The number of hydrogen-bond donors (Lipinski definition) is 1. The van der Waals surface area contributed by atoms with E-state index in [9.17, 15) is 4.79 Å². The van der Waals surface area contributed by atoms with Crippen LogP contribution >= 0.6 is 0 Å². The third-order valence-electron chi connectivity index (χ3n) is 4.49. The van der Waals surface area contributed by atoms with E-state index in [2.05, 4.69) is 10.3 Å². The Morgan fingerprint density at radius 3 is 2.50 bits per heavy atom. The molecule has 3 atom stereocenters. The van der Waals surface area contributed by atoms with Crippen molar-refractivity contribution < 1.29 is 9.21 Å². The standard InChI is InChI=1S/C20H18N2O2/c23-20(17-13-16(17)18-7-4-12-24-18)22-19(14-5-2-1-3-6-14)15-8-10-21-11-9-15/h1-12,16-17,19H,13H2,(H,22,23)/t16-,17-,19-/m1/s1. The molecule has 2 aromatic heterocycles. The van der Waals surface area contributed by atoms with Gasteiger partial charge in [0.15, 0.2) is 0 Å². The number of rotatable bonds is 5. The summed E-state index contributed by atoms with van der Waals surface area (Å²) in [6, 6.07) is 17.5. The summed E-state index contributed by atoms with van der Waals surface area (Å²) in [6.45, 7) is 0. The fourth-order valence-corrected chi connectivity index (χ4v) is 3.11. The molecule has 0 radical (unpaired) electrons. The van der Waals surface area contributed by atoms with Gasteiger partial charge in [0.2, 0.25) is 5.91 Å². The van der Waals surface area contributed by atoms with Gasteiger partial charge in [0.1, 0.15) is 5.76 Å². The predicted octanol–water partition coefficient (Wildman–Crippen LogP) is 3.68. The summed E-state index contributed by atoms with van der Waals surface area (Å²) in [7, 11) is 0. The highest BCUT2D eigenvalue weighted by Gasteiger charge is 2.46. The van der Waals surface area contributed by atoms with E-state index in [-0.39, 0.29) is 23.8 Å². The number of nitrogens with one attached hydrogen (secondary N) is 1. The number of furan rings is 1. The maximum absolute atomic E-state index is 12.7. The zero-order valence-electron chi connectivity index (χ0n) is 13.1. The van der Waals surface area contributed by atoms with Gasteiger partial charge in [-0.3, -0.25) is 9.78 Å². The molecule has 1 aliphatic carbocycles. The highest BCUT2D eigenvalue weighted by Crippen LogP contribution is 2.48. The van der Waals surface area contributed by atoms with Crippen LogP contribution in [0.5, 0.6) is 0 Å². The van der Waals surface area contributed by atoms with Crippen molar-refractivity contribution >= 4 is 5.91 Å². The molecule has 1 aromatic carbocycles. The predicted molar refractivity (Wildman–Crippen MR) is 90.2 cm³/mol. The van der Waals surface area contributed by atoms with E-state index in [1.165, 1.54) is 0 Å². The van der Waals surface area contributed by atoms with Crippen molar-refractivity contribution in [2.24, 2.45) is 5.92 Å². The molecule has 0 spiro atoms. The second-order valence-corrected chi connectivity index (χ2v) is 6.10. The van der Waals surface area contributed by atoms with Gasteiger partial charge in [-0.1, -0.05) is 30.3 Å². The Bertz CT molecular complexity index is 761. The molecule has 120 valence electrons. The lowest BCUT2D eigenvalue weighted by atomic mass is 9.99. The van der Waals surface area contributed by atoms with Crippen molar-refractivity contribution in [3.63, 3.8) is 0 Å². The Morgan fingerprint density at radius 2 is 1.79 bits per heavy atom. The molecule has 1 aliphatic rings. The van der Waals surface area contributed by atoms with Crippen LogP contribution in [-0.2, 0) is 4.79 Å². The Labute approximate surface area is 140 Å². The molecule has 3 aromatic rings. The van der Waals surface area contributed by atoms with Crippen LogP contribution in [0.4, 0.5) is 0 Å². The highest BCUT2D eigenvalue weighted by atomic mass is 16.3. The van der Waals surface area contributed by atoms with Gasteiger partial charge in [0.25, 0.3) is 0 Å². The van der Waals surface area contributed by atoms with Crippen LogP contribution in [-0.4, -0.2) is 10.9 Å². The van der Waals surface area contributed by atoms with E-state index >= 15 is 0 Å². The number of carbonyl (C=O) groups excluding carboxylic acids is 1. The second-order valence-electron chi connectivity index (χ2n) is 6.10. The van der Waals surface area contributed by atoms with Gasteiger partial charge in [-0.05, 0) is 41.8 Å². The lowest BCUT2D eigenvalue weighted by molar-refractivity contribution is -0.123. The van der Waals surface area contributed by atoms with E-state index in [0.29, 0.717) is 0 Å². The van der Waals surface area contributed by atoms with Crippen LogP contribution in [0.3, 0.4) is 0 Å². The summed E-state index contributed by atoms with van der Waals surface area (Å²) in [5.74, 6) is 1.16. The summed E-state index contributed by atoms with van der Waals surface area (Å²) in [5.41, 5.74) is 2.09. The first-order valence-electron chi connectivity index (χ1n) is 8.11. The zero-order valence-corrected chi connectivity index (χ0v) is 13.1. The molecule has 1 N–H and O–H groups in total. The largest absolute Gasteiger partial charge is 0.469 e. The molecule has 1 amide bonds. The van der Waals surface area contributed by atoms with Gasteiger partial charge in [0.05, 0.1) is 12.3 Å². The summed E-state index contributed by atoms with van der Waals surface area (Å²) in [4.78, 5) is 16.8. The number of benzene rings is 1. The lowest BCUT2D eigenvalue weighted by Gasteiger charge is -2.19. The average molecular weight is 318 g/mol. The number of pyridine rings is 1. The fraction of sp³-hybridized carbons (Fsp3) is 0.200. The molecule has 1 fully saturated rings. The van der Waals surface area contributed by atoms with E-state index in [1.807, 2.05) is 54.6 Å². The summed E-state index contributed by atoms with van der Waals surface area (Å²) in [6.07, 6.45) is 6.00. The molecule has 4 rings (SSSR count). The Hall–Kier alpha value is -2.88. The van der Waals surface area contributed by atoms with Crippen molar-refractivity contribution in [1.29, 1.82) is 0 Å². The topological polar surface area (TPSA) is 55.1 Å². The lowest BCUT2D eigenvalue weighted by Crippen LogP contribution is -2.30. The van der Waals surface area contributed by atoms with E-state index in [1.54, 1.807) is 18.7 Å². The van der Waals surface area contributed by atoms with Crippen molar-refractivity contribution in [3.05, 3.63) is 90.1 Å². The molecular weight excluding hydrogens is 300 g/mol. The number of aromatic nitrogens is 1.